The molecule has 0 spiro atoms. The Balaban J connectivity index is 1.80. The molecule has 1 fully saturated rings. The van der Waals surface area contributed by atoms with Gasteiger partial charge in [-0.1, -0.05) is 44.4 Å². The predicted molar refractivity (Wildman–Crippen MR) is 69.1 cm³/mol. The number of hydrogen-bond acceptors (Lipinski definition) is 2. The van der Waals surface area contributed by atoms with E-state index in [1.54, 1.807) is 0 Å². The Labute approximate surface area is 104 Å². The van der Waals surface area contributed by atoms with Crippen molar-refractivity contribution in [1.82, 2.24) is 0 Å². The minimum absolute atomic E-state index is 0.0764. The lowest BCUT2D eigenvalue weighted by molar-refractivity contribution is -0.125. The Hall–Kier alpha value is -1.02. The molecule has 1 aromatic carbocycles. The molecule has 0 N–H and O–H groups in total. The van der Waals surface area contributed by atoms with Crippen molar-refractivity contribution in [2.75, 3.05) is 6.79 Å². The Morgan fingerprint density at radius 3 is 2.41 bits per heavy atom. The summed E-state index contributed by atoms with van der Waals surface area (Å²) in [6.45, 7) is 2.59. The maximum atomic E-state index is 6.00. The van der Waals surface area contributed by atoms with Crippen LogP contribution < -0.4 is 4.74 Å². The maximum Gasteiger partial charge on any atom is 0.189 e. The van der Waals surface area contributed by atoms with Crippen LogP contribution in [0.3, 0.4) is 0 Å². The van der Waals surface area contributed by atoms with Crippen molar-refractivity contribution >= 4 is 0 Å². The van der Waals surface area contributed by atoms with Gasteiger partial charge < -0.3 is 9.47 Å². The summed E-state index contributed by atoms with van der Waals surface area (Å²) in [7, 11) is 0. The third kappa shape index (κ3) is 3.47. The SMILES string of the molecule is CCC1(OCOc2ccccc2)CCCCC1. The molecule has 2 rings (SSSR count). The highest BCUT2D eigenvalue weighted by Gasteiger charge is 2.31. The van der Waals surface area contributed by atoms with Crippen LogP contribution in [0.15, 0.2) is 30.3 Å². The van der Waals surface area contributed by atoms with Crippen LogP contribution in [0.1, 0.15) is 45.4 Å². The summed E-state index contributed by atoms with van der Waals surface area (Å²) in [6, 6.07) is 9.87. The van der Waals surface area contributed by atoms with Crippen molar-refractivity contribution in [2.45, 2.75) is 51.0 Å². The van der Waals surface area contributed by atoms with Gasteiger partial charge in [-0.2, -0.15) is 0 Å². The lowest BCUT2D eigenvalue weighted by atomic mass is 9.83. The van der Waals surface area contributed by atoms with E-state index in [1.807, 2.05) is 30.3 Å². The molecule has 0 saturated heterocycles. The molecule has 1 aliphatic carbocycles. The van der Waals surface area contributed by atoms with E-state index in [0.717, 1.165) is 12.2 Å². The predicted octanol–water partition coefficient (Wildman–Crippen LogP) is 4.15. The Morgan fingerprint density at radius 2 is 1.76 bits per heavy atom. The van der Waals surface area contributed by atoms with Gasteiger partial charge in [-0.05, 0) is 31.4 Å². The van der Waals surface area contributed by atoms with Crippen molar-refractivity contribution in [3.05, 3.63) is 30.3 Å². The van der Waals surface area contributed by atoms with Crippen LogP contribution >= 0.6 is 0 Å². The molecular formula is C15H22O2. The summed E-state index contributed by atoms with van der Waals surface area (Å²) in [5.41, 5.74) is 0.0764. The zero-order valence-corrected chi connectivity index (χ0v) is 10.7. The standard InChI is InChI=1S/C15H22O2/c1-2-15(11-7-4-8-12-15)17-13-16-14-9-5-3-6-10-14/h3,5-6,9-10H,2,4,7-8,11-13H2,1H3. The highest BCUT2D eigenvalue weighted by molar-refractivity contribution is 5.20. The van der Waals surface area contributed by atoms with Gasteiger partial charge in [0.15, 0.2) is 6.79 Å². The number of ether oxygens (including phenoxy) is 2. The van der Waals surface area contributed by atoms with Gasteiger partial charge in [-0.25, -0.2) is 0 Å². The lowest BCUT2D eigenvalue weighted by Gasteiger charge is -2.36. The van der Waals surface area contributed by atoms with Crippen LogP contribution in [0.2, 0.25) is 0 Å². The smallest absolute Gasteiger partial charge is 0.189 e. The summed E-state index contributed by atoms with van der Waals surface area (Å²) < 4.78 is 11.6. The fraction of sp³-hybridized carbons (Fsp3) is 0.600. The number of para-hydroxylation sites is 1. The van der Waals surface area contributed by atoms with E-state index in [-0.39, 0.29) is 5.60 Å². The molecule has 0 aromatic heterocycles. The van der Waals surface area contributed by atoms with Gasteiger partial charge in [0.25, 0.3) is 0 Å². The largest absolute Gasteiger partial charge is 0.468 e. The molecule has 0 amide bonds. The molecular weight excluding hydrogens is 212 g/mol. The first-order chi connectivity index (χ1) is 8.35. The fourth-order valence-electron chi connectivity index (χ4n) is 2.54. The van der Waals surface area contributed by atoms with Gasteiger partial charge >= 0.3 is 0 Å². The van der Waals surface area contributed by atoms with Gasteiger partial charge in [-0.3, -0.25) is 0 Å². The average Bonchev–Trinajstić information content (AvgIpc) is 2.41. The molecule has 0 unspecified atom stereocenters. The zero-order valence-electron chi connectivity index (χ0n) is 10.7. The third-order valence-electron chi connectivity index (χ3n) is 3.74. The highest BCUT2D eigenvalue weighted by atomic mass is 16.7. The summed E-state index contributed by atoms with van der Waals surface area (Å²) in [5, 5.41) is 0. The Morgan fingerprint density at radius 1 is 1.06 bits per heavy atom. The molecule has 1 aliphatic rings. The van der Waals surface area contributed by atoms with Crippen LogP contribution in [0.4, 0.5) is 0 Å². The quantitative estimate of drug-likeness (QED) is 0.712. The average molecular weight is 234 g/mol. The first-order valence-corrected chi connectivity index (χ1v) is 6.66. The van der Waals surface area contributed by atoms with E-state index in [2.05, 4.69) is 6.92 Å². The zero-order chi connectivity index (χ0) is 12.0. The molecule has 0 radical (unpaired) electrons. The van der Waals surface area contributed by atoms with E-state index >= 15 is 0 Å². The molecule has 2 nitrogen and oxygen atoms in total. The second-order valence-electron chi connectivity index (χ2n) is 4.82. The van der Waals surface area contributed by atoms with Gasteiger partial charge in [-0.15, -0.1) is 0 Å². The molecule has 0 aliphatic heterocycles. The van der Waals surface area contributed by atoms with E-state index in [0.29, 0.717) is 6.79 Å². The van der Waals surface area contributed by atoms with Gasteiger partial charge in [0.1, 0.15) is 5.75 Å². The lowest BCUT2D eigenvalue weighted by Crippen LogP contribution is -2.35. The van der Waals surface area contributed by atoms with E-state index in [4.69, 9.17) is 9.47 Å². The van der Waals surface area contributed by atoms with E-state index in [9.17, 15) is 0 Å². The highest BCUT2D eigenvalue weighted by Crippen LogP contribution is 2.34. The third-order valence-corrected chi connectivity index (χ3v) is 3.74. The number of hydrogen-bond donors (Lipinski definition) is 0. The molecule has 0 atom stereocenters. The van der Waals surface area contributed by atoms with Gasteiger partial charge in [0.05, 0.1) is 5.60 Å². The molecule has 0 bridgehead atoms. The summed E-state index contributed by atoms with van der Waals surface area (Å²) >= 11 is 0. The Bertz CT molecular complexity index is 315. The summed E-state index contributed by atoms with van der Waals surface area (Å²) in [5.74, 6) is 0.884. The topological polar surface area (TPSA) is 18.5 Å². The van der Waals surface area contributed by atoms with E-state index < -0.39 is 0 Å². The number of rotatable bonds is 5. The van der Waals surface area contributed by atoms with Crippen molar-refractivity contribution in [3.63, 3.8) is 0 Å². The van der Waals surface area contributed by atoms with Crippen LogP contribution in [0.25, 0.3) is 0 Å². The van der Waals surface area contributed by atoms with Gasteiger partial charge in [0, 0.05) is 0 Å². The second-order valence-corrected chi connectivity index (χ2v) is 4.82. The van der Waals surface area contributed by atoms with Crippen molar-refractivity contribution < 1.29 is 9.47 Å². The Kier molecular flexibility index (Phi) is 4.43. The molecule has 1 saturated carbocycles. The van der Waals surface area contributed by atoms with Crippen LogP contribution in [-0.4, -0.2) is 12.4 Å². The normalized spacial score (nSPS) is 18.9. The van der Waals surface area contributed by atoms with Crippen molar-refractivity contribution in [3.8, 4) is 5.75 Å². The minimum atomic E-state index is 0.0764. The molecule has 1 aromatic rings. The fourth-order valence-corrected chi connectivity index (χ4v) is 2.54. The first-order valence-electron chi connectivity index (χ1n) is 6.66. The number of benzene rings is 1. The van der Waals surface area contributed by atoms with Gasteiger partial charge in [0.2, 0.25) is 0 Å². The molecule has 0 heterocycles. The second kappa shape index (κ2) is 6.06. The van der Waals surface area contributed by atoms with Crippen molar-refractivity contribution in [1.29, 1.82) is 0 Å². The minimum Gasteiger partial charge on any atom is -0.468 e. The maximum absolute atomic E-state index is 6.00. The van der Waals surface area contributed by atoms with Crippen molar-refractivity contribution in [2.24, 2.45) is 0 Å². The van der Waals surface area contributed by atoms with Crippen LogP contribution in [0.5, 0.6) is 5.75 Å². The first kappa shape index (κ1) is 12.4. The summed E-state index contributed by atoms with van der Waals surface area (Å²) in [6.07, 6.45) is 7.39. The monoisotopic (exact) mass is 234 g/mol. The molecule has 17 heavy (non-hydrogen) atoms. The van der Waals surface area contributed by atoms with E-state index in [1.165, 1.54) is 32.1 Å². The summed E-state index contributed by atoms with van der Waals surface area (Å²) in [4.78, 5) is 0. The van der Waals surface area contributed by atoms with Crippen LogP contribution in [0, 0.1) is 0 Å². The van der Waals surface area contributed by atoms with Crippen LogP contribution in [-0.2, 0) is 4.74 Å². The molecule has 94 valence electrons. The molecule has 2 heteroatoms.